The van der Waals surface area contributed by atoms with E-state index in [0.29, 0.717) is 0 Å². The summed E-state index contributed by atoms with van der Waals surface area (Å²) in [7, 11) is 0. The Morgan fingerprint density at radius 1 is 1.53 bits per heavy atom. The van der Waals surface area contributed by atoms with Crippen LogP contribution in [0.1, 0.15) is 31.7 Å². The maximum absolute atomic E-state index is 12.6. The summed E-state index contributed by atoms with van der Waals surface area (Å²) in [4.78, 5) is 12.6. The van der Waals surface area contributed by atoms with Gasteiger partial charge in [0, 0.05) is 16.7 Å². The maximum atomic E-state index is 12.6. The summed E-state index contributed by atoms with van der Waals surface area (Å²) in [6.45, 7) is 5.91. The van der Waals surface area contributed by atoms with Crippen molar-refractivity contribution in [2.24, 2.45) is 5.41 Å². The Bertz CT molecular complexity index is 467. The quantitative estimate of drug-likeness (QED) is 0.893. The number of aryl methyl sites for hydroxylation is 1. The molecular weight excluding hydrogens is 304 g/mol. The van der Waals surface area contributed by atoms with Crippen LogP contribution in [0.5, 0.6) is 0 Å². The minimum absolute atomic E-state index is 0.146. The van der Waals surface area contributed by atoms with Gasteiger partial charge in [-0.1, -0.05) is 22.9 Å². The van der Waals surface area contributed by atoms with Crippen LogP contribution in [0.3, 0.4) is 0 Å². The van der Waals surface area contributed by atoms with Gasteiger partial charge in [0.25, 0.3) is 0 Å². The maximum Gasteiger partial charge on any atom is 0.231 e. The van der Waals surface area contributed by atoms with Gasteiger partial charge in [-0.2, -0.15) is 0 Å². The molecule has 104 valence electrons. The van der Waals surface area contributed by atoms with Crippen LogP contribution in [-0.2, 0) is 4.79 Å². The Balaban J connectivity index is 2.15. The Labute approximate surface area is 123 Å². The minimum atomic E-state index is -0.252. The molecule has 1 fully saturated rings. The van der Waals surface area contributed by atoms with Gasteiger partial charge in [0.05, 0.1) is 5.41 Å². The zero-order chi connectivity index (χ0) is 13.9. The van der Waals surface area contributed by atoms with Crippen LogP contribution in [0.25, 0.3) is 0 Å². The molecule has 0 bridgehead atoms. The normalized spacial score (nSPS) is 23.1. The minimum Gasteiger partial charge on any atom is -0.325 e. The van der Waals surface area contributed by atoms with E-state index >= 15 is 0 Å². The first-order valence-electron chi connectivity index (χ1n) is 6.86. The molecule has 1 heterocycles. The van der Waals surface area contributed by atoms with Gasteiger partial charge in [-0.3, -0.25) is 4.79 Å². The molecule has 1 aliphatic heterocycles. The second kappa shape index (κ2) is 6.06. The molecule has 2 N–H and O–H groups in total. The van der Waals surface area contributed by atoms with Crippen molar-refractivity contribution in [3.63, 3.8) is 0 Å². The average molecular weight is 325 g/mol. The van der Waals surface area contributed by atoms with Crippen molar-refractivity contribution in [1.29, 1.82) is 0 Å². The highest BCUT2D eigenvalue weighted by atomic mass is 79.9. The highest BCUT2D eigenvalue weighted by Crippen LogP contribution is 2.32. The van der Waals surface area contributed by atoms with E-state index in [9.17, 15) is 4.79 Å². The van der Waals surface area contributed by atoms with Crippen molar-refractivity contribution >= 4 is 27.5 Å². The first kappa shape index (κ1) is 14.5. The lowest BCUT2D eigenvalue weighted by atomic mass is 9.77. The first-order chi connectivity index (χ1) is 9.07. The number of amides is 1. The Morgan fingerprint density at radius 2 is 2.32 bits per heavy atom. The molecule has 3 nitrogen and oxygen atoms in total. The SMILES string of the molecule is CCC1(C(=O)Nc2ccc(Br)cc2C)CCCNC1. The van der Waals surface area contributed by atoms with E-state index in [1.54, 1.807) is 0 Å². The second-order valence-electron chi connectivity index (χ2n) is 5.33. The summed E-state index contributed by atoms with van der Waals surface area (Å²) in [5, 5.41) is 6.45. The van der Waals surface area contributed by atoms with E-state index in [1.165, 1.54) is 0 Å². The van der Waals surface area contributed by atoms with Gasteiger partial charge in [-0.15, -0.1) is 0 Å². The lowest BCUT2D eigenvalue weighted by molar-refractivity contribution is -0.126. The van der Waals surface area contributed by atoms with Crippen LogP contribution < -0.4 is 10.6 Å². The number of carbonyl (C=O) groups is 1. The zero-order valence-corrected chi connectivity index (χ0v) is 13.1. The zero-order valence-electron chi connectivity index (χ0n) is 11.6. The topological polar surface area (TPSA) is 41.1 Å². The number of hydrogen-bond donors (Lipinski definition) is 2. The summed E-state index contributed by atoms with van der Waals surface area (Å²) in [5.74, 6) is 0.146. The van der Waals surface area contributed by atoms with Gasteiger partial charge in [0.2, 0.25) is 5.91 Å². The van der Waals surface area contributed by atoms with Crippen molar-refractivity contribution in [1.82, 2.24) is 5.32 Å². The number of hydrogen-bond acceptors (Lipinski definition) is 2. The lowest BCUT2D eigenvalue weighted by Gasteiger charge is -2.35. The third-order valence-electron chi connectivity index (χ3n) is 4.07. The monoisotopic (exact) mass is 324 g/mol. The number of piperidine rings is 1. The van der Waals surface area contributed by atoms with Gasteiger partial charge in [-0.05, 0) is 56.5 Å². The molecule has 0 aliphatic carbocycles. The molecule has 1 aliphatic rings. The highest BCUT2D eigenvalue weighted by molar-refractivity contribution is 9.10. The number of benzene rings is 1. The summed E-state index contributed by atoms with van der Waals surface area (Å²) >= 11 is 3.44. The van der Waals surface area contributed by atoms with E-state index in [1.807, 2.05) is 25.1 Å². The summed E-state index contributed by atoms with van der Waals surface area (Å²) < 4.78 is 1.03. The van der Waals surface area contributed by atoms with E-state index in [0.717, 1.165) is 48.1 Å². The highest BCUT2D eigenvalue weighted by Gasteiger charge is 2.37. The van der Waals surface area contributed by atoms with Crippen molar-refractivity contribution < 1.29 is 4.79 Å². The van der Waals surface area contributed by atoms with Crippen molar-refractivity contribution in [3.8, 4) is 0 Å². The largest absolute Gasteiger partial charge is 0.325 e. The van der Waals surface area contributed by atoms with E-state index in [2.05, 4.69) is 33.5 Å². The Kier molecular flexibility index (Phi) is 4.63. The average Bonchev–Trinajstić information content (AvgIpc) is 2.42. The molecule has 1 saturated heterocycles. The van der Waals surface area contributed by atoms with Gasteiger partial charge in [0.1, 0.15) is 0 Å². The van der Waals surface area contributed by atoms with Crippen LogP contribution in [0.2, 0.25) is 0 Å². The number of rotatable bonds is 3. The van der Waals surface area contributed by atoms with Gasteiger partial charge in [0.15, 0.2) is 0 Å². The molecule has 0 radical (unpaired) electrons. The molecule has 1 unspecified atom stereocenters. The fourth-order valence-corrected chi connectivity index (χ4v) is 3.12. The number of nitrogens with one attached hydrogen (secondary N) is 2. The summed E-state index contributed by atoms with van der Waals surface area (Å²) in [6, 6.07) is 5.94. The lowest BCUT2D eigenvalue weighted by Crippen LogP contribution is -2.47. The predicted octanol–water partition coefficient (Wildman–Crippen LogP) is 3.48. The summed E-state index contributed by atoms with van der Waals surface area (Å²) in [6.07, 6.45) is 2.92. The molecule has 1 atom stereocenters. The summed E-state index contributed by atoms with van der Waals surface area (Å²) in [5.41, 5.74) is 1.74. The van der Waals surface area contributed by atoms with E-state index in [-0.39, 0.29) is 11.3 Å². The molecule has 4 heteroatoms. The van der Waals surface area contributed by atoms with Crippen LogP contribution >= 0.6 is 15.9 Å². The van der Waals surface area contributed by atoms with Gasteiger partial charge >= 0.3 is 0 Å². The van der Waals surface area contributed by atoms with Crippen LogP contribution in [-0.4, -0.2) is 19.0 Å². The fourth-order valence-electron chi connectivity index (χ4n) is 2.65. The molecule has 1 aromatic rings. The Morgan fingerprint density at radius 3 is 2.89 bits per heavy atom. The second-order valence-corrected chi connectivity index (χ2v) is 6.24. The van der Waals surface area contributed by atoms with Gasteiger partial charge < -0.3 is 10.6 Å². The van der Waals surface area contributed by atoms with E-state index in [4.69, 9.17) is 0 Å². The molecular formula is C15H21BrN2O. The predicted molar refractivity (Wildman–Crippen MR) is 82.3 cm³/mol. The number of halogens is 1. The third kappa shape index (κ3) is 3.18. The Hall–Kier alpha value is -0.870. The van der Waals surface area contributed by atoms with Crippen molar-refractivity contribution in [3.05, 3.63) is 28.2 Å². The molecule has 0 aromatic heterocycles. The van der Waals surface area contributed by atoms with Crippen LogP contribution in [0, 0.1) is 12.3 Å². The van der Waals surface area contributed by atoms with Gasteiger partial charge in [-0.25, -0.2) is 0 Å². The molecule has 0 spiro atoms. The van der Waals surface area contributed by atoms with Crippen LogP contribution in [0.4, 0.5) is 5.69 Å². The van der Waals surface area contributed by atoms with Crippen LogP contribution in [0.15, 0.2) is 22.7 Å². The van der Waals surface area contributed by atoms with Crippen molar-refractivity contribution in [2.75, 3.05) is 18.4 Å². The number of anilines is 1. The number of carbonyl (C=O) groups excluding carboxylic acids is 1. The smallest absolute Gasteiger partial charge is 0.231 e. The fraction of sp³-hybridized carbons (Fsp3) is 0.533. The molecule has 19 heavy (non-hydrogen) atoms. The van der Waals surface area contributed by atoms with Crippen molar-refractivity contribution in [2.45, 2.75) is 33.1 Å². The molecule has 0 saturated carbocycles. The molecule has 2 rings (SSSR count). The molecule has 1 amide bonds. The standard InChI is InChI=1S/C15H21BrN2O/c1-3-15(7-4-8-17-10-15)14(19)18-13-6-5-12(16)9-11(13)2/h5-6,9,17H,3-4,7-8,10H2,1-2H3,(H,18,19). The first-order valence-corrected chi connectivity index (χ1v) is 7.65. The van der Waals surface area contributed by atoms with E-state index < -0.39 is 0 Å². The third-order valence-corrected chi connectivity index (χ3v) is 4.56. The molecule has 1 aromatic carbocycles.